The highest BCUT2D eigenvalue weighted by Gasteiger charge is 2.30. The van der Waals surface area contributed by atoms with Crippen LogP contribution in [-0.4, -0.2) is 28.3 Å². The van der Waals surface area contributed by atoms with E-state index in [4.69, 9.17) is 0 Å². The number of nitrogens with zero attached hydrogens (tertiary/aromatic N) is 1. The predicted molar refractivity (Wildman–Crippen MR) is 98.6 cm³/mol. The van der Waals surface area contributed by atoms with Crippen LogP contribution in [0.5, 0.6) is 0 Å². The monoisotopic (exact) mass is 332 g/mol. The fraction of sp³-hybridized carbons (Fsp3) is 0.600. The molecule has 0 aromatic heterocycles. The van der Waals surface area contributed by atoms with Gasteiger partial charge in [0.15, 0.2) is 0 Å². The summed E-state index contributed by atoms with van der Waals surface area (Å²) >= 11 is 0. The molecule has 0 aliphatic carbocycles. The van der Waals surface area contributed by atoms with Crippen molar-refractivity contribution in [1.82, 2.24) is 10.2 Å². The number of amides is 2. The van der Waals surface area contributed by atoms with Crippen LogP contribution in [0.1, 0.15) is 65.0 Å². The minimum Gasteiger partial charge on any atom is -0.350 e. The Labute approximate surface area is 146 Å². The van der Waals surface area contributed by atoms with E-state index < -0.39 is 6.04 Å². The lowest BCUT2D eigenvalue weighted by Gasteiger charge is -2.33. The van der Waals surface area contributed by atoms with E-state index in [1.165, 1.54) is 0 Å². The summed E-state index contributed by atoms with van der Waals surface area (Å²) in [6, 6.07) is 7.58. The SMILES string of the molecule is CCCC(=O)N(Cc1ccccc1C)[C@H](CC)C(=O)NC(C)(C)C. The molecule has 24 heavy (non-hydrogen) atoms. The first-order valence-corrected chi connectivity index (χ1v) is 8.85. The molecule has 1 rings (SSSR count). The van der Waals surface area contributed by atoms with Crippen LogP contribution >= 0.6 is 0 Å². The second-order valence-corrected chi connectivity index (χ2v) is 7.36. The van der Waals surface area contributed by atoms with E-state index in [2.05, 4.69) is 5.32 Å². The summed E-state index contributed by atoms with van der Waals surface area (Å²) in [5.74, 6) is -0.0419. The maximum atomic E-state index is 12.7. The van der Waals surface area contributed by atoms with Gasteiger partial charge in [0.25, 0.3) is 0 Å². The molecule has 4 nitrogen and oxygen atoms in total. The second-order valence-electron chi connectivity index (χ2n) is 7.36. The first-order chi connectivity index (χ1) is 11.2. The number of carbonyl (C=O) groups excluding carboxylic acids is 2. The molecular formula is C20H32N2O2. The number of hydrogen-bond donors (Lipinski definition) is 1. The van der Waals surface area contributed by atoms with E-state index in [-0.39, 0.29) is 17.4 Å². The average molecular weight is 332 g/mol. The van der Waals surface area contributed by atoms with E-state index in [9.17, 15) is 9.59 Å². The molecule has 1 atom stereocenters. The third-order valence-corrected chi connectivity index (χ3v) is 3.95. The molecule has 1 N–H and O–H groups in total. The Bertz CT molecular complexity index is 561. The van der Waals surface area contributed by atoms with Crippen molar-refractivity contribution in [3.63, 3.8) is 0 Å². The van der Waals surface area contributed by atoms with Gasteiger partial charge >= 0.3 is 0 Å². The van der Waals surface area contributed by atoms with Crippen LogP contribution in [0.3, 0.4) is 0 Å². The maximum Gasteiger partial charge on any atom is 0.243 e. The Morgan fingerprint density at radius 1 is 1.17 bits per heavy atom. The van der Waals surface area contributed by atoms with Gasteiger partial charge in [0.2, 0.25) is 11.8 Å². The van der Waals surface area contributed by atoms with Crippen molar-refractivity contribution in [2.24, 2.45) is 0 Å². The van der Waals surface area contributed by atoms with Gasteiger partial charge < -0.3 is 10.2 Å². The van der Waals surface area contributed by atoms with Gasteiger partial charge in [0.05, 0.1) is 0 Å². The van der Waals surface area contributed by atoms with E-state index in [1.54, 1.807) is 4.90 Å². The van der Waals surface area contributed by atoms with Gasteiger partial charge in [0, 0.05) is 18.5 Å². The molecule has 0 radical (unpaired) electrons. The zero-order chi connectivity index (χ0) is 18.3. The van der Waals surface area contributed by atoms with E-state index in [1.807, 2.05) is 65.8 Å². The van der Waals surface area contributed by atoms with Crippen LogP contribution in [0.4, 0.5) is 0 Å². The van der Waals surface area contributed by atoms with Crippen molar-refractivity contribution < 1.29 is 9.59 Å². The highest BCUT2D eigenvalue weighted by atomic mass is 16.2. The summed E-state index contributed by atoms with van der Waals surface area (Å²) in [6.45, 7) is 12.3. The fourth-order valence-electron chi connectivity index (χ4n) is 2.70. The van der Waals surface area contributed by atoms with Gasteiger partial charge in [-0.15, -0.1) is 0 Å². The van der Waals surface area contributed by atoms with E-state index in [0.717, 1.165) is 17.5 Å². The summed E-state index contributed by atoms with van der Waals surface area (Å²) in [5.41, 5.74) is 1.91. The smallest absolute Gasteiger partial charge is 0.243 e. The lowest BCUT2D eigenvalue weighted by atomic mass is 10.0. The number of nitrogens with one attached hydrogen (secondary N) is 1. The highest BCUT2D eigenvalue weighted by molar-refractivity contribution is 5.88. The van der Waals surface area contributed by atoms with E-state index >= 15 is 0 Å². The topological polar surface area (TPSA) is 49.4 Å². The molecule has 0 heterocycles. The van der Waals surface area contributed by atoms with Gasteiger partial charge in [-0.3, -0.25) is 9.59 Å². The molecule has 0 saturated carbocycles. The standard InChI is InChI=1S/C20H32N2O2/c1-7-11-18(23)22(14-16-13-10-9-12-15(16)3)17(8-2)19(24)21-20(4,5)6/h9-10,12-13,17H,7-8,11,14H2,1-6H3,(H,21,24)/t17-/m1/s1. The molecule has 134 valence electrons. The maximum absolute atomic E-state index is 12.7. The normalized spacial score (nSPS) is 12.6. The van der Waals surface area contributed by atoms with Gasteiger partial charge in [0.1, 0.15) is 6.04 Å². The fourth-order valence-corrected chi connectivity index (χ4v) is 2.70. The van der Waals surface area contributed by atoms with E-state index in [0.29, 0.717) is 19.4 Å². The molecule has 0 fully saturated rings. The minimum absolute atomic E-state index is 0.0386. The summed E-state index contributed by atoms with van der Waals surface area (Å²) in [6.07, 6.45) is 1.84. The largest absolute Gasteiger partial charge is 0.350 e. The molecule has 1 aromatic carbocycles. The van der Waals surface area contributed by atoms with Gasteiger partial charge in [-0.25, -0.2) is 0 Å². The molecule has 2 amide bonds. The Balaban J connectivity index is 3.08. The van der Waals surface area contributed by atoms with Crippen LogP contribution < -0.4 is 5.32 Å². The number of hydrogen-bond acceptors (Lipinski definition) is 2. The van der Waals surface area contributed by atoms with Crippen LogP contribution in [0.15, 0.2) is 24.3 Å². The molecule has 1 aromatic rings. The van der Waals surface area contributed by atoms with Crippen molar-refractivity contribution in [2.75, 3.05) is 0 Å². The Morgan fingerprint density at radius 3 is 2.29 bits per heavy atom. The Kier molecular flexibility index (Phi) is 7.46. The summed E-state index contributed by atoms with van der Waals surface area (Å²) in [5, 5.41) is 3.02. The van der Waals surface area contributed by atoms with Crippen molar-refractivity contribution in [3.8, 4) is 0 Å². The van der Waals surface area contributed by atoms with Crippen molar-refractivity contribution in [1.29, 1.82) is 0 Å². The van der Waals surface area contributed by atoms with Crippen molar-refractivity contribution in [2.45, 2.75) is 78.9 Å². The van der Waals surface area contributed by atoms with Gasteiger partial charge in [-0.05, 0) is 51.7 Å². The lowest BCUT2D eigenvalue weighted by molar-refractivity contribution is -0.142. The number of aryl methyl sites for hydroxylation is 1. The zero-order valence-electron chi connectivity index (χ0n) is 16.0. The molecule has 0 aliphatic heterocycles. The molecule has 0 bridgehead atoms. The number of benzene rings is 1. The number of carbonyl (C=O) groups is 2. The average Bonchev–Trinajstić information content (AvgIpc) is 2.47. The highest BCUT2D eigenvalue weighted by Crippen LogP contribution is 2.17. The molecular weight excluding hydrogens is 300 g/mol. The van der Waals surface area contributed by atoms with Crippen molar-refractivity contribution in [3.05, 3.63) is 35.4 Å². The third kappa shape index (κ3) is 5.99. The summed E-state index contributed by atoms with van der Waals surface area (Å²) in [4.78, 5) is 27.1. The van der Waals surface area contributed by atoms with Crippen molar-refractivity contribution >= 4 is 11.8 Å². The second kappa shape index (κ2) is 8.86. The van der Waals surface area contributed by atoms with Gasteiger partial charge in [-0.2, -0.15) is 0 Å². The molecule has 0 unspecified atom stereocenters. The Hall–Kier alpha value is -1.84. The summed E-state index contributed by atoms with van der Waals surface area (Å²) in [7, 11) is 0. The molecule has 0 saturated heterocycles. The third-order valence-electron chi connectivity index (χ3n) is 3.95. The predicted octanol–water partition coefficient (Wildman–Crippen LogP) is 3.82. The minimum atomic E-state index is -0.442. The lowest BCUT2D eigenvalue weighted by Crippen LogP contribution is -2.53. The molecule has 0 spiro atoms. The number of rotatable bonds is 7. The first kappa shape index (κ1) is 20.2. The molecule has 0 aliphatic rings. The first-order valence-electron chi connectivity index (χ1n) is 8.85. The Morgan fingerprint density at radius 2 is 1.79 bits per heavy atom. The van der Waals surface area contributed by atoms with Crippen LogP contribution in [-0.2, 0) is 16.1 Å². The quantitative estimate of drug-likeness (QED) is 0.825. The van der Waals surface area contributed by atoms with Gasteiger partial charge in [-0.1, -0.05) is 38.1 Å². The van der Waals surface area contributed by atoms with Crippen LogP contribution in [0, 0.1) is 6.92 Å². The van der Waals surface area contributed by atoms with Crippen LogP contribution in [0.2, 0.25) is 0 Å². The zero-order valence-corrected chi connectivity index (χ0v) is 16.0. The van der Waals surface area contributed by atoms with Crippen LogP contribution in [0.25, 0.3) is 0 Å². The molecule has 4 heteroatoms. The summed E-state index contributed by atoms with van der Waals surface area (Å²) < 4.78 is 0.